The Balaban J connectivity index is 1.39. The number of rotatable bonds is 6. The third-order valence-corrected chi connectivity index (χ3v) is 6.87. The van der Waals surface area contributed by atoms with E-state index in [0.717, 1.165) is 44.1 Å². The van der Waals surface area contributed by atoms with Crippen molar-refractivity contribution in [2.75, 3.05) is 0 Å². The summed E-state index contributed by atoms with van der Waals surface area (Å²) in [5.74, 6) is -0.782. The highest BCUT2D eigenvalue weighted by Gasteiger charge is 2.54. The van der Waals surface area contributed by atoms with Crippen LogP contribution in [0.4, 0.5) is 0 Å². The van der Waals surface area contributed by atoms with Crippen molar-refractivity contribution in [1.82, 2.24) is 25.1 Å². The molecule has 0 saturated heterocycles. The molecule has 8 heteroatoms. The Hall–Kier alpha value is -3.16. The zero-order valence-corrected chi connectivity index (χ0v) is 18.3. The van der Waals surface area contributed by atoms with Gasteiger partial charge in [-0.1, -0.05) is 43.2 Å². The van der Waals surface area contributed by atoms with E-state index in [1.807, 2.05) is 37.3 Å². The molecule has 1 aromatic heterocycles. The second-order valence-corrected chi connectivity index (χ2v) is 9.37. The molecule has 0 radical (unpaired) electrons. The van der Waals surface area contributed by atoms with Crippen molar-refractivity contribution in [1.29, 1.82) is 0 Å². The monoisotopic (exact) mass is 435 g/mol. The van der Waals surface area contributed by atoms with Gasteiger partial charge in [0.05, 0.1) is 12.9 Å². The first-order valence-electron chi connectivity index (χ1n) is 11.5. The number of carbonyl (C=O) groups excluding carboxylic acids is 3. The summed E-state index contributed by atoms with van der Waals surface area (Å²) in [6, 6.07) is 9.81. The van der Waals surface area contributed by atoms with E-state index in [0.29, 0.717) is 13.1 Å². The van der Waals surface area contributed by atoms with Crippen LogP contribution in [-0.2, 0) is 17.9 Å². The minimum Gasteiger partial charge on any atom is -0.351 e. The van der Waals surface area contributed by atoms with Crippen molar-refractivity contribution in [2.24, 2.45) is 0 Å². The second-order valence-electron chi connectivity index (χ2n) is 9.37. The SMILES string of the molecule is C[C@]1(C(=O)NC2CCCC2)Cn2cnc(C(=O)NCc3ccccc3)c2C(=O)N1C1CC1. The van der Waals surface area contributed by atoms with Crippen LogP contribution in [0.1, 0.15) is 72.0 Å². The molecule has 3 aliphatic rings. The molecule has 1 aromatic carbocycles. The number of aromatic nitrogens is 2. The number of imidazole rings is 1. The number of benzene rings is 1. The van der Waals surface area contributed by atoms with Gasteiger partial charge in [0.1, 0.15) is 11.2 Å². The predicted molar refractivity (Wildman–Crippen MR) is 118 cm³/mol. The molecule has 8 nitrogen and oxygen atoms in total. The summed E-state index contributed by atoms with van der Waals surface area (Å²) in [5, 5.41) is 6.03. The van der Waals surface area contributed by atoms with E-state index in [1.54, 1.807) is 9.47 Å². The molecule has 32 heavy (non-hydrogen) atoms. The van der Waals surface area contributed by atoms with Gasteiger partial charge in [-0.15, -0.1) is 0 Å². The Morgan fingerprint density at radius 1 is 1.12 bits per heavy atom. The fraction of sp³-hybridized carbons (Fsp3) is 0.500. The summed E-state index contributed by atoms with van der Waals surface area (Å²) in [5.41, 5.74) is 0.367. The summed E-state index contributed by atoms with van der Waals surface area (Å²) >= 11 is 0. The number of hydrogen-bond acceptors (Lipinski definition) is 4. The van der Waals surface area contributed by atoms with E-state index in [4.69, 9.17) is 0 Å². The number of fused-ring (bicyclic) bond motifs is 1. The molecular formula is C24H29N5O3. The Bertz CT molecular complexity index is 1040. The second kappa shape index (κ2) is 8.07. The number of hydrogen-bond donors (Lipinski definition) is 2. The lowest BCUT2D eigenvalue weighted by molar-refractivity contribution is -0.134. The van der Waals surface area contributed by atoms with Gasteiger partial charge in [0.15, 0.2) is 5.69 Å². The summed E-state index contributed by atoms with van der Waals surface area (Å²) in [6.07, 6.45) is 7.49. The van der Waals surface area contributed by atoms with Crippen molar-refractivity contribution in [2.45, 2.75) is 76.2 Å². The number of amides is 3. The Kier molecular flexibility index (Phi) is 5.23. The lowest BCUT2D eigenvalue weighted by Crippen LogP contribution is -2.65. The van der Waals surface area contributed by atoms with Crippen LogP contribution in [0, 0.1) is 0 Å². The molecule has 0 spiro atoms. The average molecular weight is 436 g/mol. The fourth-order valence-electron chi connectivity index (χ4n) is 4.99. The number of nitrogens with zero attached hydrogens (tertiary/aromatic N) is 3. The molecule has 2 aromatic rings. The standard InChI is InChI=1S/C24H29N5O3/c1-24(23(32)27-17-9-5-6-10-17)14-28-15-26-19(20(28)22(31)29(24)18-11-12-18)21(30)25-13-16-7-3-2-4-8-16/h2-4,7-8,15,17-18H,5-6,9-14H2,1H3,(H,25,30)(H,27,32)/t24-/m1/s1. The highest BCUT2D eigenvalue weighted by atomic mass is 16.2. The Morgan fingerprint density at radius 3 is 2.53 bits per heavy atom. The first kappa shape index (κ1) is 20.7. The zero-order chi connectivity index (χ0) is 22.3. The molecule has 5 rings (SSSR count). The number of carbonyl (C=O) groups is 3. The van der Waals surface area contributed by atoms with Crippen LogP contribution in [0.2, 0.25) is 0 Å². The zero-order valence-electron chi connectivity index (χ0n) is 18.3. The largest absolute Gasteiger partial charge is 0.351 e. The predicted octanol–water partition coefficient (Wildman–Crippen LogP) is 2.25. The molecule has 1 atom stereocenters. The van der Waals surface area contributed by atoms with Gasteiger partial charge in [0.2, 0.25) is 5.91 Å². The first-order chi connectivity index (χ1) is 15.5. The highest BCUT2D eigenvalue weighted by molar-refractivity contribution is 6.07. The topological polar surface area (TPSA) is 96.3 Å². The lowest BCUT2D eigenvalue weighted by atomic mass is 9.93. The number of nitrogens with one attached hydrogen (secondary N) is 2. The van der Waals surface area contributed by atoms with Gasteiger partial charge in [-0.3, -0.25) is 14.4 Å². The summed E-state index contributed by atoms with van der Waals surface area (Å²) in [6.45, 7) is 2.49. The lowest BCUT2D eigenvalue weighted by Gasteiger charge is -2.44. The van der Waals surface area contributed by atoms with E-state index in [1.165, 1.54) is 6.33 Å². The minimum atomic E-state index is -0.994. The van der Waals surface area contributed by atoms with Crippen molar-refractivity contribution in [3.63, 3.8) is 0 Å². The molecule has 2 fully saturated rings. The Morgan fingerprint density at radius 2 is 1.84 bits per heavy atom. The molecule has 1 aliphatic heterocycles. The summed E-state index contributed by atoms with van der Waals surface area (Å²) in [4.78, 5) is 45.8. The van der Waals surface area contributed by atoms with Gasteiger partial charge in [0, 0.05) is 18.6 Å². The van der Waals surface area contributed by atoms with Crippen LogP contribution < -0.4 is 10.6 Å². The van der Waals surface area contributed by atoms with Crippen molar-refractivity contribution in [3.8, 4) is 0 Å². The summed E-state index contributed by atoms with van der Waals surface area (Å²) < 4.78 is 1.67. The van der Waals surface area contributed by atoms with Crippen LogP contribution in [0.25, 0.3) is 0 Å². The van der Waals surface area contributed by atoms with Crippen LogP contribution >= 0.6 is 0 Å². The van der Waals surface area contributed by atoms with E-state index < -0.39 is 5.54 Å². The minimum absolute atomic E-state index is 0.0331. The van der Waals surface area contributed by atoms with Gasteiger partial charge >= 0.3 is 0 Å². The third kappa shape index (κ3) is 3.67. The normalized spacial score (nSPS) is 23.2. The average Bonchev–Trinajstić information content (AvgIpc) is 3.30. The Labute approximate surface area is 187 Å². The van der Waals surface area contributed by atoms with Crippen LogP contribution in [0.5, 0.6) is 0 Å². The van der Waals surface area contributed by atoms with Gasteiger partial charge in [0.25, 0.3) is 11.8 Å². The van der Waals surface area contributed by atoms with Crippen molar-refractivity contribution >= 4 is 17.7 Å². The van der Waals surface area contributed by atoms with Crippen molar-refractivity contribution < 1.29 is 14.4 Å². The van der Waals surface area contributed by atoms with Gasteiger partial charge in [-0.2, -0.15) is 0 Å². The molecular weight excluding hydrogens is 406 g/mol. The van der Waals surface area contributed by atoms with E-state index in [9.17, 15) is 14.4 Å². The molecule has 2 heterocycles. The first-order valence-corrected chi connectivity index (χ1v) is 11.5. The van der Waals surface area contributed by atoms with Crippen molar-refractivity contribution in [3.05, 3.63) is 53.6 Å². The maximum atomic E-state index is 13.6. The molecule has 2 aliphatic carbocycles. The quantitative estimate of drug-likeness (QED) is 0.727. The van der Waals surface area contributed by atoms with Crippen LogP contribution in [-0.4, -0.2) is 49.8 Å². The maximum Gasteiger partial charge on any atom is 0.274 e. The van der Waals surface area contributed by atoms with Crippen LogP contribution in [0.15, 0.2) is 36.7 Å². The third-order valence-electron chi connectivity index (χ3n) is 6.87. The molecule has 0 unspecified atom stereocenters. The molecule has 2 saturated carbocycles. The van der Waals surface area contributed by atoms with Gasteiger partial charge < -0.3 is 20.1 Å². The maximum absolute atomic E-state index is 13.6. The van der Waals surface area contributed by atoms with E-state index >= 15 is 0 Å². The molecule has 0 bridgehead atoms. The molecule has 3 amide bonds. The smallest absolute Gasteiger partial charge is 0.274 e. The van der Waals surface area contributed by atoms with E-state index in [-0.39, 0.29) is 41.2 Å². The fourth-order valence-corrected chi connectivity index (χ4v) is 4.99. The molecule has 168 valence electrons. The van der Waals surface area contributed by atoms with Crippen LogP contribution in [0.3, 0.4) is 0 Å². The highest BCUT2D eigenvalue weighted by Crippen LogP contribution is 2.39. The van der Waals surface area contributed by atoms with Gasteiger partial charge in [-0.05, 0) is 38.2 Å². The van der Waals surface area contributed by atoms with Gasteiger partial charge in [-0.25, -0.2) is 4.98 Å². The summed E-state index contributed by atoms with van der Waals surface area (Å²) in [7, 11) is 0. The molecule has 2 N–H and O–H groups in total. The van der Waals surface area contributed by atoms with E-state index in [2.05, 4.69) is 15.6 Å².